The maximum atomic E-state index is 5.92. The Morgan fingerprint density at radius 1 is 0.750 bits per heavy atom. The van der Waals surface area contributed by atoms with Crippen LogP contribution in [0.1, 0.15) is 31.9 Å². The highest BCUT2D eigenvalue weighted by atomic mass is 16.5. The Morgan fingerprint density at radius 3 is 1.83 bits per heavy atom. The summed E-state index contributed by atoms with van der Waals surface area (Å²) in [4.78, 5) is 0. The van der Waals surface area contributed by atoms with Gasteiger partial charge in [-0.2, -0.15) is 0 Å². The van der Waals surface area contributed by atoms with Gasteiger partial charge in [-0.05, 0) is 57.2 Å². The average molecular weight is 322 g/mol. The van der Waals surface area contributed by atoms with Crippen LogP contribution in [0, 0.1) is 11.8 Å². The lowest BCUT2D eigenvalue weighted by molar-refractivity contribution is -0.923. The van der Waals surface area contributed by atoms with Crippen LogP contribution in [0.2, 0.25) is 0 Å². The lowest BCUT2D eigenvalue weighted by Crippen LogP contribution is -2.49. The fraction of sp³-hybridized carbons (Fsp3) is 0.364. The summed E-state index contributed by atoms with van der Waals surface area (Å²) in [6, 6.07) is 18.1. The van der Waals surface area contributed by atoms with Gasteiger partial charge in [-0.1, -0.05) is 30.0 Å². The molecule has 0 aliphatic heterocycles. The zero-order chi connectivity index (χ0) is 17.3. The molecule has 0 saturated heterocycles. The fourth-order valence-electron chi connectivity index (χ4n) is 2.80. The lowest BCUT2D eigenvalue weighted by atomic mass is 10.2. The van der Waals surface area contributed by atoms with Crippen molar-refractivity contribution in [2.45, 2.75) is 20.8 Å². The normalized spacial score (nSPS) is 10.8. The standard InChI is InChI=1S/C22H28NO/c1-4-23(5-2,6-3)18-19-24-22-16-14-21(15-17-22)13-12-20-10-8-7-9-11-20/h7-11,14-17H,4-6,18-19H2,1-3H3/q+1. The van der Waals surface area contributed by atoms with Gasteiger partial charge in [0.1, 0.15) is 18.9 Å². The van der Waals surface area contributed by atoms with Crippen LogP contribution in [0.15, 0.2) is 54.6 Å². The highest BCUT2D eigenvalue weighted by Gasteiger charge is 2.20. The molecule has 0 radical (unpaired) electrons. The Balaban J connectivity index is 1.90. The molecule has 0 heterocycles. The van der Waals surface area contributed by atoms with Crippen LogP contribution in [0.5, 0.6) is 5.75 Å². The predicted octanol–water partition coefficient (Wildman–Crippen LogP) is 4.34. The van der Waals surface area contributed by atoms with Gasteiger partial charge in [0.25, 0.3) is 0 Å². The van der Waals surface area contributed by atoms with Gasteiger partial charge in [0.05, 0.1) is 19.6 Å². The molecule has 0 aromatic heterocycles. The van der Waals surface area contributed by atoms with Gasteiger partial charge in [0, 0.05) is 11.1 Å². The smallest absolute Gasteiger partial charge is 0.137 e. The molecule has 0 aliphatic rings. The maximum absolute atomic E-state index is 5.92. The quantitative estimate of drug-likeness (QED) is 0.544. The molecule has 2 aromatic carbocycles. The minimum atomic E-state index is 0.755. The number of ether oxygens (including phenoxy) is 1. The molecule has 0 saturated carbocycles. The fourth-order valence-corrected chi connectivity index (χ4v) is 2.80. The van der Waals surface area contributed by atoms with E-state index in [1.54, 1.807) is 0 Å². The predicted molar refractivity (Wildman–Crippen MR) is 101 cm³/mol. The number of hydrogen-bond acceptors (Lipinski definition) is 1. The molecule has 0 atom stereocenters. The molecule has 0 fully saturated rings. The van der Waals surface area contributed by atoms with E-state index < -0.39 is 0 Å². The van der Waals surface area contributed by atoms with Crippen molar-refractivity contribution in [3.05, 3.63) is 65.7 Å². The molecule has 0 amide bonds. The number of hydrogen-bond donors (Lipinski definition) is 0. The molecule has 126 valence electrons. The van der Waals surface area contributed by atoms with Crippen LogP contribution < -0.4 is 4.74 Å². The van der Waals surface area contributed by atoms with Crippen LogP contribution in [0.4, 0.5) is 0 Å². The van der Waals surface area contributed by atoms with Crippen LogP contribution in [0.25, 0.3) is 0 Å². The van der Waals surface area contributed by atoms with Crippen LogP contribution in [-0.2, 0) is 0 Å². The van der Waals surface area contributed by atoms with Gasteiger partial charge in [-0.15, -0.1) is 0 Å². The Kier molecular flexibility index (Phi) is 6.90. The zero-order valence-electron chi connectivity index (χ0n) is 15.1. The molecule has 2 nitrogen and oxygen atoms in total. The first kappa shape index (κ1) is 18.1. The van der Waals surface area contributed by atoms with Gasteiger partial charge in [-0.3, -0.25) is 0 Å². The summed E-state index contributed by atoms with van der Waals surface area (Å²) in [6.45, 7) is 12.1. The molecule has 0 aliphatic carbocycles. The third-order valence-electron chi connectivity index (χ3n) is 4.83. The Labute approximate surface area is 146 Å². The molecule has 24 heavy (non-hydrogen) atoms. The van der Waals surface area contributed by atoms with E-state index in [0.717, 1.165) is 54.1 Å². The minimum absolute atomic E-state index is 0.755. The number of nitrogens with zero attached hydrogens (tertiary/aromatic N) is 1. The van der Waals surface area contributed by atoms with Gasteiger partial charge in [0.2, 0.25) is 0 Å². The Morgan fingerprint density at radius 2 is 1.29 bits per heavy atom. The summed E-state index contributed by atoms with van der Waals surface area (Å²) in [6.07, 6.45) is 0. The van der Waals surface area contributed by atoms with E-state index >= 15 is 0 Å². The molecule has 2 aromatic rings. The van der Waals surface area contributed by atoms with Crippen molar-refractivity contribution >= 4 is 0 Å². The largest absolute Gasteiger partial charge is 0.488 e. The third kappa shape index (κ3) is 5.15. The summed E-state index contributed by atoms with van der Waals surface area (Å²) >= 11 is 0. The molecule has 0 bridgehead atoms. The lowest BCUT2D eigenvalue weighted by Gasteiger charge is -2.35. The first-order chi connectivity index (χ1) is 11.7. The van der Waals surface area contributed by atoms with E-state index in [1.165, 1.54) is 0 Å². The van der Waals surface area contributed by atoms with E-state index in [9.17, 15) is 0 Å². The van der Waals surface area contributed by atoms with Gasteiger partial charge in [-0.25, -0.2) is 0 Å². The van der Waals surface area contributed by atoms with Crippen molar-refractivity contribution < 1.29 is 9.22 Å². The summed E-state index contributed by atoms with van der Waals surface area (Å²) in [7, 11) is 0. The second-order valence-corrected chi connectivity index (χ2v) is 6.00. The zero-order valence-corrected chi connectivity index (χ0v) is 15.1. The summed E-state index contributed by atoms with van der Waals surface area (Å²) in [5.74, 6) is 7.28. The molecule has 0 unspecified atom stereocenters. The number of benzene rings is 2. The first-order valence-electron chi connectivity index (χ1n) is 8.86. The average Bonchev–Trinajstić information content (AvgIpc) is 2.66. The van der Waals surface area contributed by atoms with Crippen LogP contribution in [-0.4, -0.2) is 37.3 Å². The summed E-state index contributed by atoms with van der Waals surface area (Å²) < 4.78 is 7.03. The van der Waals surface area contributed by atoms with Gasteiger partial charge in [0.15, 0.2) is 0 Å². The highest BCUT2D eigenvalue weighted by Crippen LogP contribution is 2.13. The van der Waals surface area contributed by atoms with E-state index in [-0.39, 0.29) is 0 Å². The number of likely N-dealkylation sites (N-methyl/N-ethyl adjacent to an activating group) is 1. The second-order valence-electron chi connectivity index (χ2n) is 6.00. The molecular formula is C22H28NO+. The summed E-state index contributed by atoms with van der Waals surface area (Å²) in [5.41, 5.74) is 2.04. The topological polar surface area (TPSA) is 9.23 Å². The molecular weight excluding hydrogens is 294 g/mol. The number of rotatable bonds is 7. The van der Waals surface area contributed by atoms with Gasteiger partial charge >= 0.3 is 0 Å². The van der Waals surface area contributed by atoms with E-state index in [2.05, 4.69) is 32.6 Å². The highest BCUT2D eigenvalue weighted by molar-refractivity contribution is 5.44. The van der Waals surface area contributed by atoms with Crippen molar-refractivity contribution in [3.8, 4) is 17.6 Å². The van der Waals surface area contributed by atoms with Crippen molar-refractivity contribution in [1.82, 2.24) is 0 Å². The second kappa shape index (κ2) is 9.15. The van der Waals surface area contributed by atoms with Gasteiger partial charge < -0.3 is 9.22 Å². The SMILES string of the molecule is CC[N+](CC)(CC)CCOc1ccc(C#Cc2ccccc2)cc1. The summed E-state index contributed by atoms with van der Waals surface area (Å²) in [5, 5.41) is 0. The minimum Gasteiger partial charge on any atom is -0.488 e. The Bertz CT molecular complexity index is 652. The molecule has 2 rings (SSSR count). The van der Waals surface area contributed by atoms with Crippen molar-refractivity contribution in [1.29, 1.82) is 0 Å². The van der Waals surface area contributed by atoms with E-state index in [4.69, 9.17) is 4.74 Å². The number of quaternary nitrogens is 1. The van der Waals surface area contributed by atoms with Crippen LogP contribution in [0.3, 0.4) is 0 Å². The molecule has 0 N–H and O–H groups in total. The van der Waals surface area contributed by atoms with Crippen LogP contribution >= 0.6 is 0 Å². The first-order valence-corrected chi connectivity index (χ1v) is 8.86. The van der Waals surface area contributed by atoms with Crippen molar-refractivity contribution in [2.24, 2.45) is 0 Å². The molecule has 0 spiro atoms. The van der Waals surface area contributed by atoms with E-state index in [1.807, 2.05) is 54.6 Å². The molecule has 2 heteroatoms. The van der Waals surface area contributed by atoms with Crippen molar-refractivity contribution in [2.75, 3.05) is 32.8 Å². The maximum Gasteiger partial charge on any atom is 0.137 e. The Hall–Kier alpha value is -2.24. The third-order valence-corrected chi connectivity index (χ3v) is 4.83. The monoisotopic (exact) mass is 322 g/mol. The van der Waals surface area contributed by atoms with Crippen molar-refractivity contribution in [3.63, 3.8) is 0 Å². The van der Waals surface area contributed by atoms with E-state index in [0.29, 0.717) is 0 Å².